The molecule has 3 rings (SSSR count). The van der Waals surface area contributed by atoms with E-state index >= 15 is 0 Å². The summed E-state index contributed by atoms with van der Waals surface area (Å²) in [6.07, 6.45) is 1.66. The van der Waals surface area contributed by atoms with Crippen molar-refractivity contribution < 1.29 is 14.3 Å². The molecule has 0 aliphatic rings. The van der Waals surface area contributed by atoms with Gasteiger partial charge in [-0.3, -0.25) is 9.59 Å². The van der Waals surface area contributed by atoms with Gasteiger partial charge in [0.1, 0.15) is 11.4 Å². The summed E-state index contributed by atoms with van der Waals surface area (Å²) in [7, 11) is 0. The van der Waals surface area contributed by atoms with Crippen LogP contribution in [-0.2, 0) is 0 Å². The second kappa shape index (κ2) is 9.01. The first kappa shape index (κ1) is 20.1. The van der Waals surface area contributed by atoms with Crippen LogP contribution in [-0.4, -0.2) is 22.8 Å². The molecule has 2 aromatic carbocycles. The number of hydrogen-bond donors (Lipinski definition) is 2. The Morgan fingerprint density at radius 1 is 0.931 bits per heavy atom. The lowest BCUT2D eigenvalue weighted by atomic mass is 10.1. The van der Waals surface area contributed by atoms with E-state index in [0.717, 1.165) is 17.1 Å². The van der Waals surface area contributed by atoms with Gasteiger partial charge in [0.15, 0.2) is 5.78 Å². The molecule has 1 amide bonds. The molecule has 2 N–H and O–H groups in total. The summed E-state index contributed by atoms with van der Waals surface area (Å²) < 4.78 is 5.80. The average molecular weight is 389 g/mol. The fourth-order valence-electron chi connectivity index (χ4n) is 2.67. The molecular formula is C23H23N3O3. The first-order valence-electron chi connectivity index (χ1n) is 9.33. The predicted molar refractivity (Wildman–Crippen MR) is 114 cm³/mol. The smallest absolute Gasteiger partial charge is 0.274 e. The molecule has 0 bridgehead atoms. The molecule has 6 nitrogen and oxygen atoms in total. The van der Waals surface area contributed by atoms with Crippen molar-refractivity contribution in [2.75, 3.05) is 10.6 Å². The predicted octanol–water partition coefficient (Wildman–Crippen LogP) is 5.07. The van der Waals surface area contributed by atoms with Gasteiger partial charge in [0, 0.05) is 11.3 Å². The molecule has 1 aromatic heterocycles. The van der Waals surface area contributed by atoms with Gasteiger partial charge in [0.2, 0.25) is 0 Å². The van der Waals surface area contributed by atoms with Crippen LogP contribution < -0.4 is 15.4 Å². The normalized spacial score (nSPS) is 10.5. The molecule has 0 aliphatic heterocycles. The minimum atomic E-state index is -0.323. The highest BCUT2D eigenvalue weighted by Crippen LogP contribution is 2.28. The fourth-order valence-corrected chi connectivity index (χ4v) is 2.67. The molecular weight excluding hydrogens is 366 g/mol. The molecule has 148 valence electrons. The Balaban J connectivity index is 1.67. The van der Waals surface area contributed by atoms with Crippen molar-refractivity contribution in [1.29, 1.82) is 0 Å². The van der Waals surface area contributed by atoms with Crippen LogP contribution in [0.3, 0.4) is 0 Å². The summed E-state index contributed by atoms with van der Waals surface area (Å²) in [5, 5.41) is 6.03. The van der Waals surface area contributed by atoms with Gasteiger partial charge in [0.05, 0.1) is 23.7 Å². The van der Waals surface area contributed by atoms with Crippen molar-refractivity contribution in [3.05, 3.63) is 78.1 Å². The lowest BCUT2D eigenvalue weighted by Gasteiger charge is -2.15. The fraction of sp³-hybridized carbons (Fsp3) is 0.174. The monoisotopic (exact) mass is 389 g/mol. The number of amides is 1. The van der Waals surface area contributed by atoms with Crippen molar-refractivity contribution in [1.82, 2.24) is 4.98 Å². The molecule has 0 unspecified atom stereocenters. The van der Waals surface area contributed by atoms with Gasteiger partial charge in [-0.2, -0.15) is 0 Å². The number of nitrogens with zero attached hydrogens (tertiary/aromatic N) is 1. The average Bonchev–Trinajstić information content (AvgIpc) is 2.70. The van der Waals surface area contributed by atoms with E-state index in [9.17, 15) is 9.59 Å². The van der Waals surface area contributed by atoms with E-state index in [4.69, 9.17) is 4.74 Å². The van der Waals surface area contributed by atoms with Crippen LogP contribution in [0, 0.1) is 0 Å². The summed E-state index contributed by atoms with van der Waals surface area (Å²) in [4.78, 5) is 28.0. The summed E-state index contributed by atoms with van der Waals surface area (Å²) in [6.45, 7) is 5.44. The quantitative estimate of drug-likeness (QED) is 0.552. The molecule has 0 atom stereocenters. The summed E-state index contributed by atoms with van der Waals surface area (Å²) in [5.74, 6) is 0.405. The van der Waals surface area contributed by atoms with Gasteiger partial charge < -0.3 is 15.4 Å². The first-order chi connectivity index (χ1) is 13.9. The summed E-state index contributed by atoms with van der Waals surface area (Å²) in [5.41, 5.74) is 3.05. The van der Waals surface area contributed by atoms with Crippen molar-refractivity contribution in [2.24, 2.45) is 0 Å². The molecule has 1 heterocycles. The minimum absolute atomic E-state index is 0.0204. The zero-order valence-electron chi connectivity index (χ0n) is 16.6. The van der Waals surface area contributed by atoms with Gasteiger partial charge in [-0.05, 0) is 69.3 Å². The highest BCUT2D eigenvalue weighted by Gasteiger charge is 2.10. The first-order valence-corrected chi connectivity index (χ1v) is 9.33. The van der Waals surface area contributed by atoms with Crippen molar-refractivity contribution >= 4 is 28.8 Å². The molecule has 0 saturated heterocycles. The Labute approximate surface area is 169 Å². The van der Waals surface area contributed by atoms with E-state index in [1.165, 1.54) is 6.92 Å². The number of aromatic nitrogens is 1. The van der Waals surface area contributed by atoms with E-state index in [0.29, 0.717) is 11.3 Å². The summed E-state index contributed by atoms with van der Waals surface area (Å²) >= 11 is 0. The van der Waals surface area contributed by atoms with E-state index in [2.05, 4.69) is 15.6 Å². The Hall–Kier alpha value is -3.67. The standard InChI is InChI=1S/C23H23N3O3/c1-15(2)29-22-7-5-4-6-20(22)25-19-12-13-21(24-14-19)23(28)26-18-10-8-17(9-11-18)16(3)27/h4-15,25H,1-3H3,(H,26,28). The third-order valence-corrected chi connectivity index (χ3v) is 4.07. The molecule has 6 heteroatoms. The van der Waals surface area contributed by atoms with E-state index < -0.39 is 0 Å². The number of Topliss-reactive ketones (excluding diaryl/α,β-unsaturated/α-hetero) is 1. The Morgan fingerprint density at radius 3 is 2.24 bits per heavy atom. The van der Waals surface area contributed by atoms with Crippen LogP contribution in [0.4, 0.5) is 17.1 Å². The van der Waals surface area contributed by atoms with Crippen LogP contribution in [0.25, 0.3) is 0 Å². The third-order valence-electron chi connectivity index (χ3n) is 4.07. The molecule has 0 radical (unpaired) electrons. The molecule has 3 aromatic rings. The van der Waals surface area contributed by atoms with Crippen LogP contribution in [0.15, 0.2) is 66.9 Å². The number of carbonyl (C=O) groups is 2. The van der Waals surface area contributed by atoms with Crippen LogP contribution in [0.1, 0.15) is 41.6 Å². The van der Waals surface area contributed by atoms with Crippen LogP contribution >= 0.6 is 0 Å². The van der Waals surface area contributed by atoms with Crippen molar-refractivity contribution in [2.45, 2.75) is 26.9 Å². The number of anilines is 3. The maximum atomic E-state index is 12.4. The number of benzene rings is 2. The maximum absolute atomic E-state index is 12.4. The SMILES string of the molecule is CC(=O)c1ccc(NC(=O)c2ccc(Nc3ccccc3OC(C)C)cn2)cc1. The Kier molecular flexibility index (Phi) is 6.24. The second-order valence-electron chi connectivity index (χ2n) is 6.81. The highest BCUT2D eigenvalue weighted by atomic mass is 16.5. The maximum Gasteiger partial charge on any atom is 0.274 e. The topological polar surface area (TPSA) is 80.3 Å². The number of hydrogen-bond acceptors (Lipinski definition) is 5. The zero-order chi connectivity index (χ0) is 20.8. The van der Waals surface area contributed by atoms with Crippen molar-refractivity contribution in [3.8, 4) is 5.75 Å². The third kappa shape index (κ3) is 5.42. The minimum Gasteiger partial charge on any atom is -0.489 e. The Bertz CT molecular complexity index is 997. The van der Waals surface area contributed by atoms with Crippen LogP contribution in [0.2, 0.25) is 0 Å². The zero-order valence-corrected chi connectivity index (χ0v) is 16.6. The largest absolute Gasteiger partial charge is 0.489 e. The van der Waals surface area contributed by atoms with Crippen LogP contribution in [0.5, 0.6) is 5.75 Å². The van der Waals surface area contributed by atoms with Gasteiger partial charge in [-0.25, -0.2) is 4.98 Å². The molecule has 0 fully saturated rings. The molecule has 0 aliphatic carbocycles. The molecule has 29 heavy (non-hydrogen) atoms. The molecule has 0 saturated carbocycles. The lowest BCUT2D eigenvalue weighted by molar-refractivity contribution is 0.101. The van der Waals surface area contributed by atoms with E-state index in [1.807, 2.05) is 38.1 Å². The summed E-state index contributed by atoms with van der Waals surface area (Å²) in [6, 6.07) is 17.8. The number of carbonyl (C=O) groups excluding carboxylic acids is 2. The number of para-hydroxylation sites is 2. The van der Waals surface area contributed by atoms with Gasteiger partial charge >= 0.3 is 0 Å². The molecule has 0 spiro atoms. The number of ketones is 1. The lowest BCUT2D eigenvalue weighted by Crippen LogP contribution is -2.13. The number of nitrogens with one attached hydrogen (secondary N) is 2. The second-order valence-corrected chi connectivity index (χ2v) is 6.81. The van der Waals surface area contributed by atoms with Gasteiger partial charge in [-0.15, -0.1) is 0 Å². The van der Waals surface area contributed by atoms with E-state index in [1.54, 1.807) is 42.6 Å². The highest BCUT2D eigenvalue weighted by molar-refractivity contribution is 6.03. The number of rotatable bonds is 7. The van der Waals surface area contributed by atoms with Gasteiger partial charge in [0.25, 0.3) is 5.91 Å². The number of ether oxygens (including phenoxy) is 1. The van der Waals surface area contributed by atoms with Gasteiger partial charge in [-0.1, -0.05) is 12.1 Å². The van der Waals surface area contributed by atoms with E-state index in [-0.39, 0.29) is 23.5 Å². The Morgan fingerprint density at radius 2 is 1.62 bits per heavy atom. The number of pyridine rings is 1. The van der Waals surface area contributed by atoms with Crippen molar-refractivity contribution in [3.63, 3.8) is 0 Å².